The van der Waals surface area contributed by atoms with E-state index < -0.39 is 12.2 Å². The lowest BCUT2D eigenvalue weighted by atomic mass is 10.1. The van der Waals surface area contributed by atoms with Gasteiger partial charge in [-0.15, -0.1) is 0 Å². The predicted molar refractivity (Wildman–Crippen MR) is 105 cm³/mol. The molecule has 0 spiro atoms. The van der Waals surface area contributed by atoms with Gasteiger partial charge in [0.1, 0.15) is 12.2 Å². The molecule has 0 fully saturated rings. The highest BCUT2D eigenvalue weighted by atomic mass is 16.5. The van der Waals surface area contributed by atoms with Crippen molar-refractivity contribution in [3.05, 3.63) is 89.7 Å². The van der Waals surface area contributed by atoms with Crippen LogP contribution >= 0.6 is 0 Å². The molecule has 2 N–H and O–H groups in total. The van der Waals surface area contributed by atoms with E-state index in [1.54, 1.807) is 10.9 Å². The van der Waals surface area contributed by atoms with Crippen molar-refractivity contribution in [3.8, 4) is 0 Å². The molecule has 0 saturated carbocycles. The Kier molecular flexibility index (Phi) is 7.75. The van der Waals surface area contributed by atoms with Gasteiger partial charge in [0.25, 0.3) is 0 Å². The minimum atomic E-state index is -0.546. The zero-order valence-corrected chi connectivity index (χ0v) is 15.7. The number of aromatic nitrogens is 2. The van der Waals surface area contributed by atoms with Crippen LogP contribution in [0.25, 0.3) is 0 Å². The SMILES string of the molecule is OCCn1cc([C@@H](OCc2ccccc2)[C@H](CO)OCc2ccccc2)cn1. The maximum absolute atomic E-state index is 9.97. The molecule has 3 rings (SSSR count). The van der Waals surface area contributed by atoms with Gasteiger partial charge in [-0.3, -0.25) is 4.68 Å². The van der Waals surface area contributed by atoms with E-state index in [-0.39, 0.29) is 13.2 Å². The Bertz CT molecular complexity index is 808. The number of rotatable bonds is 11. The molecule has 0 saturated heterocycles. The molecule has 148 valence electrons. The van der Waals surface area contributed by atoms with Crippen molar-refractivity contribution in [2.75, 3.05) is 13.2 Å². The average molecular weight is 382 g/mol. The van der Waals surface area contributed by atoms with Gasteiger partial charge in [-0.05, 0) is 11.1 Å². The van der Waals surface area contributed by atoms with E-state index in [1.807, 2.05) is 66.9 Å². The van der Waals surface area contributed by atoms with Gasteiger partial charge in [0.15, 0.2) is 0 Å². The van der Waals surface area contributed by atoms with Crippen LogP contribution in [-0.4, -0.2) is 39.3 Å². The largest absolute Gasteiger partial charge is 0.394 e. The van der Waals surface area contributed by atoms with E-state index in [1.165, 1.54) is 0 Å². The summed E-state index contributed by atoms with van der Waals surface area (Å²) in [4.78, 5) is 0. The fourth-order valence-corrected chi connectivity index (χ4v) is 2.94. The maximum Gasteiger partial charge on any atom is 0.114 e. The fraction of sp³-hybridized carbons (Fsp3) is 0.318. The van der Waals surface area contributed by atoms with Crippen LogP contribution in [0.1, 0.15) is 22.8 Å². The Hall–Kier alpha value is -2.51. The van der Waals surface area contributed by atoms with E-state index in [0.29, 0.717) is 19.8 Å². The lowest BCUT2D eigenvalue weighted by Gasteiger charge is -2.25. The van der Waals surface area contributed by atoms with Crippen molar-refractivity contribution in [3.63, 3.8) is 0 Å². The first-order valence-corrected chi connectivity index (χ1v) is 9.35. The van der Waals surface area contributed by atoms with Crippen LogP contribution in [0.15, 0.2) is 73.1 Å². The second kappa shape index (κ2) is 10.7. The summed E-state index contributed by atoms with van der Waals surface area (Å²) in [6.07, 6.45) is 2.48. The van der Waals surface area contributed by atoms with Crippen molar-refractivity contribution in [2.24, 2.45) is 0 Å². The van der Waals surface area contributed by atoms with Crippen molar-refractivity contribution >= 4 is 0 Å². The number of hydrogen-bond donors (Lipinski definition) is 2. The van der Waals surface area contributed by atoms with Crippen LogP contribution in [0.5, 0.6) is 0 Å². The van der Waals surface area contributed by atoms with Gasteiger partial charge in [-0.2, -0.15) is 5.10 Å². The topological polar surface area (TPSA) is 76.7 Å². The van der Waals surface area contributed by atoms with Gasteiger partial charge in [0, 0.05) is 11.8 Å². The van der Waals surface area contributed by atoms with Gasteiger partial charge in [-0.25, -0.2) is 0 Å². The molecule has 1 aromatic heterocycles. The molecule has 6 nitrogen and oxygen atoms in total. The van der Waals surface area contributed by atoms with E-state index in [9.17, 15) is 5.11 Å². The van der Waals surface area contributed by atoms with E-state index in [2.05, 4.69) is 5.10 Å². The smallest absolute Gasteiger partial charge is 0.114 e. The number of hydrogen-bond acceptors (Lipinski definition) is 5. The third-order valence-electron chi connectivity index (χ3n) is 4.41. The molecule has 28 heavy (non-hydrogen) atoms. The minimum Gasteiger partial charge on any atom is -0.394 e. The second-order valence-electron chi connectivity index (χ2n) is 6.50. The summed E-state index contributed by atoms with van der Waals surface area (Å²) in [5.41, 5.74) is 2.87. The van der Waals surface area contributed by atoms with Crippen LogP contribution < -0.4 is 0 Å². The quantitative estimate of drug-likeness (QED) is 0.533. The Morgan fingerprint density at radius 3 is 2.04 bits per heavy atom. The standard InChI is InChI=1S/C22H26N2O4/c25-12-11-24-14-20(13-23-24)22(28-17-19-9-5-2-6-10-19)21(15-26)27-16-18-7-3-1-4-8-18/h1-10,13-14,21-22,25-26H,11-12,15-17H2/t21-,22+/m0/s1. The van der Waals surface area contributed by atoms with E-state index >= 15 is 0 Å². The summed E-state index contributed by atoms with van der Waals surface area (Å²) in [6.45, 7) is 0.992. The van der Waals surface area contributed by atoms with E-state index in [0.717, 1.165) is 16.7 Å². The highest BCUT2D eigenvalue weighted by Gasteiger charge is 2.26. The number of benzene rings is 2. The summed E-state index contributed by atoms with van der Waals surface area (Å²) in [5, 5.41) is 23.4. The minimum absolute atomic E-state index is 0.00456. The zero-order valence-electron chi connectivity index (χ0n) is 15.7. The molecular formula is C22H26N2O4. The zero-order chi connectivity index (χ0) is 19.6. The van der Waals surface area contributed by atoms with Crippen molar-refractivity contribution in [2.45, 2.75) is 32.0 Å². The van der Waals surface area contributed by atoms with Crippen molar-refractivity contribution < 1.29 is 19.7 Å². The Labute approximate surface area is 165 Å². The molecular weight excluding hydrogens is 356 g/mol. The molecule has 0 aliphatic rings. The molecule has 3 aromatic rings. The molecule has 0 bridgehead atoms. The molecule has 0 amide bonds. The Morgan fingerprint density at radius 1 is 0.857 bits per heavy atom. The van der Waals surface area contributed by atoms with Gasteiger partial charge >= 0.3 is 0 Å². The molecule has 0 radical (unpaired) electrons. The number of nitrogens with zero attached hydrogens (tertiary/aromatic N) is 2. The first-order valence-electron chi connectivity index (χ1n) is 9.35. The molecule has 0 unspecified atom stereocenters. The lowest BCUT2D eigenvalue weighted by molar-refractivity contribution is -0.106. The second-order valence-corrected chi connectivity index (χ2v) is 6.50. The molecule has 2 atom stereocenters. The maximum atomic E-state index is 9.97. The normalized spacial score (nSPS) is 13.4. The van der Waals surface area contributed by atoms with Gasteiger partial charge in [-0.1, -0.05) is 60.7 Å². The summed E-state index contributed by atoms with van der Waals surface area (Å²) in [7, 11) is 0. The first-order chi connectivity index (χ1) is 13.8. The monoisotopic (exact) mass is 382 g/mol. The summed E-state index contributed by atoms with van der Waals surface area (Å²) in [5.74, 6) is 0. The summed E-state index contributed by atoms with van der Waals surface area (Å²) >= 11 is 0. The molecule has 1 heterocycles. The molecule has 0 aliphatic heterocycles. The summed E-state index contributed by atoms with van der Waals surface area (Å²) in [6, 6.07) is 19.7. The number of aliphatic hydroxyl groups excluding tert-OH is 2. The van der Waals surface area contributed by atoms with E-state index in [4.69, 9.17) is 14.6 Å². The Balaban J connectivity index is 1.74. The molecule has 0 aliphatic carbocycles. The van der Waals surface area contributed by atoms with Crippen molar-refractivity contribution in [1.29, 1.82) is 0 Å². The third kappa shape index (κ3) is 5.74. The van der Waals surface area contributed by atoms with Crippen LogP contribution in [0.2, 0.25) is 0 Å². The highest BCUT2D eigenvalue weighted by molar-refractivity contribution is 5.16. The fourth-order valence-electron chi connectivity index (χ4n) is 2.94. The molecule has 6 heteroatoms. The highest BCUT2D eigenvalue weighted by Crippen LogP contribution is 2.25. The van der Waals surface area contributed by atoms with Crippen molar-refractivity contribution in [1.82, 2.24) is 9.78 Å². The van der Waals surface area contributed by atoms with Crippen LogP contribution in [0, 0.1) is 0 Å². The van der Waals surface area contributed by atoms with Gasteiger partial charge in [0.05, 0.1) is 39.2 Å². The Morgan fingerprint density at radius 2 is 1.46 bits per heavy atom. The number of ether oxygens (including phenoxy) is 2. The average Bonchev–Trinajstić information content (AvgIpc) is 3.20. The van der Waals surface area contributed by atoms with Crippen LogP contribution in [0.3, 0.4) is 0 Å². The lowest BCUT2D eigenvalue weighted by Crippen LogP contribution is -2.28. The number of aliphatic hydroxyl groups is 2. The van der Waals surface area contributed by atoms with Crippen LogP contribution in [-0.2, 0) is 29.2 Å². The van der Waals surface area contributed by atoms with Gasteiger partial charge in [0.2, 0.25) is 0 Å². The predicted octanol–water partition coefficient (Wildman–Crippen LogP) is 2.71. The van der Waals surface area contributed by atoms with Crippen LogP contribution in [0.4, 0.5) is 0 Å². The molecule has 2 aromatic carbocycles. The van der Waals surface area contributed by atoms with Gasteiger partial charge < -0.3 is 19.7 Å². The first kappa shape index (κ1) is 20.2. The summed E-state index contributed by atoms with van der Waals surface area (Å²) < 4.78 is 13.8. The third-order valence-corrected chi connectivity index (χ3v) is 4.41.